The van der Waals surface area contributed by atoms with E-state index in [0.717, 1.165) is 42.5 Å². The van der Waals surface area contributed by atoms with Crippen LogP contribution < -0.4 is 59.5 Å². The molecule has 2 N–H and O–H groups in total. The van der Waals surface area contributed by atoms with Crippen LogP contribution in [-0.2, 0) is 26.3 Å². The van der Waals surface area contributed by atoms with Gasteiger partial charge in [-0.2, -0.15) is 11.5 Å². The van der Waals surface area contributed by atoms with Gasteiger partial charge in [0.15, 0.2) is 0 Å². The van der Waals surface area contributed by atoms with Crippen LogP contribution in [0.3, 0.4) is 0 Å². The molecule has 0 aliphatic heterocycles. The first kappa shape index (κ1) is 43.7. The van der Waals surface area contributed by atoms with E-state index in [1.54, 1.807) is 25.6 Å². The van der Waals surface area contributed by atoms with Crippen molar-refractivity contribution in [3.05, 3.63) is 173 Å². The summed E-state index contributed by atoms with van der Waals surface area (Å²) in [6.45, 7) is 6.51. The topological polar surface area (TPSA) is 126 Å². The number of benzene rings is 2. The van der Waals surface area contributed by atoms with E-state index in [-0.39, 0.29) is 41.6 Å². The monoisotopic (exact) mass is 740 g/mol. The number of halogens is 1. The number of methoxy groups -OCH3 is 1. The molecule has 0 fully saturated rings. The van der Waals surface area contributed by atoms with Gasteiger partial charge in [0.25, 0.3) is 0 Å². The van der Waals surface area contributed by atoms with Crippen LogP contribution in [0.15, 0.2) is 134 Å². The first-order valence-corrected chi connectivity index (χ1v) is 17.2. The first-order valence-electron chi connectivity index (χ1n) is 17.2. The Hall–Kier alpha value is -4.75. The number of aromatic nitrogens is 4. The second kappa shape index (κ2) is 24.5. The first-order chi connectivity index (χ1) is 25.9. The molecule has 6 aromatic rings. The Balaban J connectivity index is 0.000000273. The molecular weight excluding hydrogens is 694 g/mol. The summed E-state index contributed by atoms with van der Waals surface area (Å²) >= 11 is 0. The molecule has 0 aliphatic carbocycles. The Kier molecular flexibility index (Phi) is 19.8. The van der Waals surface area contributed by atoms with E-state index in [4.69, 9.17) is 19.3 Å². The predicted octanol–water partition coefficient (Wildman–Crippen LogP) is 3.94. The number of rotatable bonds is 15. The van der Waals surface area contributed by atoms with Gasteiger partial charge in [-0.05, 0) is 54.3 Å². The molecule has 0 aliphatic rings. The maximum absolute atomic E-state index is 12.8. The standard InChI is InChI=1S/C21H23N3O2.C20H20FN3O.CH3O.Na/c1-16(19-6-4-3-5-7-19)22-12-17-8-11-21(24-13-17)26-15-18-9-10-20(25-2)23-14-18;1-15(18-5-3-2-4-6-18)22-11-16-8-10-20(24-12-16)25-14-17-7-9-19(21)23-13-17;1-2;/h3-11,13-14,16,22H,12,15H2,1-2H3;2-10,12-13,15,22H,11,14H2,1H3;1H3;/q;;-1;+1/t16-;15-;;/m11../s1. The number of nitrogens with zero attached hydrogens (tertiary/aromatic N) is 4. The third-order valence-corrected chi connectivity index (χ3v) is 7.99. The van der Waals surface area contributed by atoms with Gasteiger partial charge in [-0.3, -0.25) is 0 Å². The Morgan fingerprint density at radius 3 is 1.30 bits per heavy atom. The van der Waals surface area contributed by atoms with Gasteiger partial charge in [0.05, 0.1) is 7.11 Å². The van der Waals surface area contributed by atoms with Crippen molar-refractivity contribution in [1.29, 1.82) is 0 Å². The van der Waals surface area contributed by atoms with Gasteiger partial charge in [0.2, 0.25) is 23.6 Å². The summed E-state index contributed by atoms with van der Waals surface area (Å²) in [5.74, 6) is 1.22. The summed E-state index contributed by atoms with van der Waals surface area (Å²) in [5, 5.41) is 15.2. The SMILES string of the molecule is COc1ccc(COc2ccc(CN[C@H](C)c3ccccc3)cn2)cn1.C[C@@H](NCc1ccc(OCc2ccc(F)nc2)nc1)c1ccccc1.C[O-].[Na+]. The van der Waals surface area contributed by atoms with Crippen molar-refractivity contribution in [2.75, 3.05) is 14.2 Å². The molecule has 2 aromatic carbocycles. The summed E-state index contributed by atoms with van der Waals surface area (Å²) in [4.78, 5) is 16.4. The van der Waals surface area contributed by atoms with Crippen molar-refractivity contribution >= 4 is 0 Å². The van der Waals surface area contributed by atoms with Crippen LogP contribution in [0.4, 0.5) is 4.39 Å². The number of pyridine rings is 4. The van der Waals surface area contributed by atoms with Crippen LogP contribution in [0.1, 0.15) is 59.3 Å². The van der Waals surface area contributed by atoms with Crippen molar-refractivity contribution in [3.8, 4) is 17.6 Å². The molecule has 54 heavy (non-hydrogen) atoms. The molecule has 0 radical (unpaired) electrons. The second-order valence-electron chi connectivity index (χ2n) is 11.8. The molecule has 0 bridgehead atoms. The van der Waals surface area contributed by atoms with Crippen LogP contribution in [0, 0.1) is 5.95 Å². The molecule has 0 saturated carbocycles. The molecular formula is C42H46FN6NaO4. The molecule has 4 heterocycles. The largest absolute Gasteiger partial charge is 1.00 e. The van der Waals surface area contributed by atoms with Crippen LogP contribution in [-0.4, -0.2) is 34.2 Å². The summed E-state index contributed by atoms with van der Waals surface area (Å²) < 4.78 is 29.1. The zero-order valence-electron chi connectivity index (χ0n) is 31.5. The van der Waals surface area contributed by atoms with Crippen LogP contribution in [0.25, 0.3) is 0 Å². The minimum atomic E-state index is -0.497. The molecule has 0 amide bonds. The smallest absolute Gasteiger partial charge is 0.857 e. The van der Waals surface area contributed by atoms with Gasteiger partial charge in [-0.25, -0.2) is 19.9 Å². The van der Waals surface area contributed by atoms with E-state index in [1.165, 1.54) is 23.4 Å². The Labute approximate surface area is 339 Å². The Morgan fingerprint density at radius 2 is 0.926 bits per heavy atom. The molecule has 4 aromatic heterocycles. The molecule has 2 atom stereocenters. The number of hydrogen-bond donors (Lipinski definition) is 2. The minimum Gasteiger partial charge on any atom is -0.857 e. The number of nitrogens with one attached hydrogen (secondary N) is 2. The average Bonchev–Trinajstić information content (AvgIpc) is 3.23. The van der Waals surface area contributed by atoms with Crippen molar-refractivity contribution < 1.29 is 53.3 Å². The fourth-order valence-electron chi connectivity index (χ4n) is 4.89. The number of ether oxygens (including phenoxy) is 3. The second-order valence-corrected chi connectivity index (χ2v) is 11.8. The molecule has 0 saturated heterocycles. The van der Waals surface area contributed by atoms with Crippen LogP contribution in [0.2, 0.25) is 0 Å². The fraction of sp³-hybridized carbons (Fsp3) is 0.238. The van der Waals surface area contributed by atoms with Crippen LogP contribution >= 0.6 is 0 Å². The molecule has 0 unspecified atom stereocenters. The predicted molar refractivity (Wildman–Crippen MR) is 201 cm³/mol. The molecule has 0 spiro atoms. The number of hydrogen-bond acceptors (Lipinski definition) is 10. The zero-order valence-corrected chi connectivity index (χ0v) is 33.5. The van der Waals surface area contributed by atoms with Gasteiger partial charge in [-0.15, -0.1) is 0 Å². The van der Waals surface area contributed by atoms with E-state index in [2.05, 4.69) is 80.8 Å². The van der Waals surface area contributed by atoms with E-state index >= 15 is 0 Å². The van der Waals surface area contributed by atoms with Gasteiger partial charge in [-0.1, -0.05) is 72.8 Å². The van der Waals surface area contributed by atoms with Gasteiger partial charge >= 0.3 is 29.6 Å². The van der Waals surface area contributed by atoms with Gasteiger partial charge in [0.1, 0.15) is 13.2 Å². The Morgan fingerprint density at radius 1 is 0.537 bits per heavy atom. The molecule has 10 nitrogen and oxygen atoms in total. The third kappa shape index (κ3) is 15.3. The van der Waals surface area contributed by atoms with Crippen molar-refractivity contribution in [2.24, 2.45) is 0 Å². The maximum Gasteiger partial charge on any atom is 1.00 e. The average molecular weight is 741 g/mol. The maximum atomic E-state index is 12.8. The molecule has 276 valence electrons. The third-order valence-electron chi connectivity index (χ3n) is 7.99. The summed E-state index contributed by atoms with van der Waals surface area (Å²) in [6.07, 6.45) is 6.83. The summed E-state index contributed by atoms with van der Waals surface area (Å²) in [6, 6.07) is 35.7. The van der Waals surface area contributed by atoms with Crippen molar-refractivity contribution in [1.82, 2.24) is 30.6 Å². The van der Waals surface area contributed by atoms with Gasteiger partial charge < -0.3 is 30.0 Å². The zero-order chi connectivity index (χ0) is 37.7. The van der Waals surface area contributed by atoms with E-state index in [9.17, 15) is 4.39 Å². The van der Waals surface area contributed by atoms with E-state index in [1.807, 2.05) is 66.9 Å². The fourth-order valence-corrected chi connectivity index (χ4v) is 4.89. The van der Waals surface area contributed by atoms with E-state index in [0.29, 0.717) is 30.9 Å². The summed E-state index contributed by atoms with van der Waals surface area (Å²) in [7, 11) is 2.35. The molecule has 12 heteroatoms. The van der Waals surface area contributed by atoms with E-state index < -0.39 is 5.95 Å². The van der Waals surface area contributed by atoms with Crippen molar-refractivity contribution in [2.45, 2.75) is 52.2 Å². The Bertz CT molecular complexity index is 1860. The van der Waals surface area contributed by atoms with Crippen molar-refractivity contribution in [3.63, 3.8) is 0 Å². The normalized spacial score (nSPS) is 11.3. The summed E-state index contributed by atoms with van der Waals surface area (Å²) in [5.41, 5.74) is 6.49. The quantitative estimate of drug-likeness (QED) is 0.118. The minimum absolute atomic E-state index is 0. The van der Waals surface area contributed by atoms with Crippen LogP contribution in [0.5, 0.6) is 17.6 Å². The molecule has 6 rings (SSSR count). The van der Waals surface area contributed by atoms with Gasteiger partial charge in [0, 0.05) is 79.3 Å².